The van der Waals surface area contributed by atoms with Crippen LogP contribution in [0.15, 0.2) is 59.5 Å². The number of anilines is 1. The van der Waals surface area contributed by atoms with Gasteiger partial charge in [0.2, 0.25) is 5.91 Å². The van der Waals surface area contributed by atoms with Crippen LogP contribution in [0.2, 0.25) is 5.02 Å². The van der Waals surface area contributed by atoms with Crippen molar-refractivity contribution in [2.75, 3.05) is 12.4 Å². The van der Waals surface area contributed by atoms with Crippen LogP contribution in [0.4, 0.5) is 5.69 Å². The molecular formula is C20H19ClN4O3. The van der Waals surface area contributed by atoms with Gasteiger partial charge in [-0.1, -0.05) is 18.5 Å². The average Bonchev–Trinajstić information content (AvgIpc) is 2.71. The van der Waals surface area contributed by atoms with Gasteiger partial charge in [0, 0.05) is 16.3 Å². The van der Waals surface area contributed by atoms with Crippen molar-refractivity contribution in [3.05, 3.63) is 70.2 Å². The lowest BCUT2D eigenvalue weighted by Crippen LogP contribution is -2.36. The normalized spacial score (nSPS) is 11.7. The number of methoxy groups -OCH3 is 1. The molecule has 0 aliphatic rings. The number of amides is 1. The Balaban J connectivity index is 1.83. The molecule has 1 aromatic heterocycles. The molecule has 1 amide bonds. The van der Waals surface area contributed by atoms with Crippen molar-refractivity contribution in [1.29, 1.82) is 0 Å². The first-order valence-corrected chi connectivity index (χ1v) is 9.06. The Hall–Kier alpha value is -3.19. The van der Waals surface area contributed by atoms with Crippen molar-refractivity contribution in [2.45, 2.75) is 19.4 Å². The van der Waals surface area contributed by atoms with Crippen LogP contribution >= 0.6 is 11.6 Å². The van der Waals surface area contributed by atoms with E-state index in [-0.39, 0.29) is 5.91 Å². The predicted molar refractivity (Wildman–Crippen MR) is 108 cm³/mol. The van der Waals surface area contributed by atoms with E-state index >= 15 is 0 Å². The standard InChI is InChI=1S/C20H19ClN4O3/c1-3-18(19(26)23-15-8-6-14(21)7-9-15)25-20(27)24-17(12-22-25)13-4-10-16(28-2)11-5-13/h4-12,18H,3H2,1-2H3,(H,23,26)/t18-/m0/s1. The lowest BCUT2D eigenvalue weighted by atomic mass is 10.1. The number of nitrogens with zero attached hydrogens (tertiary/aromatic N) is 3. The first kappa shape index (κ1) is 19.6. The molecule has 7 nitrogen and oxygen atoms in total. The number of carbonyl (C=O) groups is 1. The number of carbonyl (C=O) groups excluding carboxylic acids is 1. The minimum Gasteiger partial charge on any atom is -0.497 e. The molecule has 0 aliphatic heterocycles. The molecule has 1 atom stereocenters. The lowest BCUT2D eigenvalue weighted by Gasteiger charge is -2.16. The number of nitrogens with one attached hydrogen (secondary N) is 1. The minimum absolute atomic E-state index is 0.349. The van der Waals surface area contributed by atoms with Crippen LogP contribution in [0.1, 0.15) is 19.4 Å². The molecule has 2 aromatic carbocycles. The fourth-order valence-corrected chi connectivity index (χ4v) is 2.82. The van der Waals surface area contributed by atoms with Gasteiger partial charge < -0.3 is 10.1 Å². The van der Waals surface area contributed by atoms with Crippen LogP contribution in [0.3, 0.4) is 0 Å². The molecule has 0 saturated carbocycles. The van der Waals surface area contributed by atoms with E-state index in [0.29, 0.717) is 28.6 Å². The quantitative estimate of drug-likeness (QED) is 0.686. The highest BCUT2D eigenvalue weighted by Crippen LogP contribution is 2.20. The molecule has 0 radical (unpaired) electrons. The zero-order chi connectivity index (χ0) is 20.1. The highest BCUT2D eigenvalue weighted by Gasteiger charge is 2.22. The molecule has 0 saturated heterocycles. The van der Waals surface area contributed by atoms with Gasteiger partial charge in [-0.2, -0.15) is 10.1 Å². The zero-order valence-corrected chi connectivity index (χ0v) is 16.2. The topological polar surface area (TPSA) is 86.1 Å². The van der Waals surface area contributed by atoms with E-state index in [4.69, 9.17) is 16.3 Å². The number of hydrogen-bond donors (Lipinski definition) is 1. The first-order valence-electron chi connectivity index (χ1n) is 8.68. The van der Waals surface area contributed by atoms with Gasteiger partial charge in [0.25, 0.3) is 0 Å². The molecule has 8 heteroatoms. The molecule has 0 aliphatic carbocycles. The third kappa shape index (κ3) is 4.37. The van der Waals surface area contributed by atoms with Crippen LogP contribution in [0.25, 0.3) is 11.3 Å². The number of benzene rings is 2. The largest absolute Gasteiger partial charge is 0.497 e. The van der Waals surface area contributed by atoms with Crippen molar-refractivity contribution < 1.29 is 9.53 Å². The van der Waals surface area contributed by atoms with Gasteiger partial charge in [-0.25, -0.2) is 9.48 Å². The molecule has 3 rings (SSSR count). The molecule has 0 spiro atoms. The molecule has 1 heterocycles. The first-order chi connectivity index (χ1) is 13.5. The van der Waals surface area contributed by atoms with Crippen molar-refractivity contribution in [3.63, 3.8) is 0 Å². The van der Waals surface area contributed by atoms with Gasteiger partial charge in [0.05, 0.1) is 19.0 Å². The van der Waals surface area contributed by atoms with E-state index < -0.39 is 11.7 Å². The van der Waals surface area contributed by atoms with E-state index in [1.807, 2.05) is 0 Å². The molecule has 0 bridgehead atoms. The van der Waals surface area contributed by atoms with Crippen molar-refractivity contribution in [2.24, 2.45) is 0 Å². The lowest BCUT2D eigenvalue weighted by molar-refractivity contribution is -0.119. The van der Waals surface area contributed by atoms with Gasteiger partial charge in [-0.05, 0) is 55.0 Å². The van der Waals surface area contributed by atoms with E-state index in [1.165, 1.54) is 6.20 Å². The summed E-state index contributed by atoms with van der Waals surface area (Å²) in [6, 6.07) is 13.1. The maximum Gasteiger partial charge on any atom is 0.365 e. The van der Waals surface area contributed by atoms with Gasteiger partial charge in [0.1, 0.15) is 11.8 Å². The Morgan fingerprint density at radius 3 is 2.43 bits per heavy atom. The minimum atomic E-state index is -0.777. The maximum atomic E-state index is 12.6. The van der Waals surface area contributed by atoms with Gasteiger partial charge in [0.15, 0.2) is 0 Å². The monoisotopic (exact) mass is 398 g/mol. The number of ether oxygens (including phenoxy) is 1. The van der Waals surface area contributed by atoms with Crippen molar-refractivity contribution in [1.82, 2.24) is 14.8 Å². The summed E-state index contributed by atoms with van der Waals surface area (Å²) in [5, 5.41) is 7.51. The summed E-state index contributed by atoms with van der Waals surface area (Å²) in [7, 11) is 1.58. The summed E-state index contributed by atoms with van der Waals surface area (Å²) >= 11 is 5.85. The second kappa shape index (κ2) is 8.67. The van der Waals surface area contributed by atoms with Crippen molar-refractivity contribution in [3.8, 4) is 17.0 Å². The van der Waals surface area contributed by atoms with Crippen LogP contribution in [0, 0.1) is 0 Å². The molecule has 144 valence electrons. The van der Waals surface area contributed by atoms with Gasteiger partial charge in [-0.15, -0.1) is 0 Å². The molecule has 0 fully saturated rings. The molecular weight excluding hydrogens is 380 g/mol. The second-order valence-electron chi connectivity index (χ2n) is 6.02. The Morgan fingerprint density at radius 2 is 1.86 bits per heavy atom. The molecule has 1 N–H and O–H groups in total. The molecule has 28 heavy (non-hydrogen) atoms. The molecule has 3 aromatic rings. The van der Waals surface area contributed by atoms with E-state index in [2.05, 4.69) is 15.4 Å². The summed E-state index contributed by atoms with van der Waals surface area (Å²) in [5.41, 5.74) is 1.16. The number of halogens is 1. The van der Waals surface area contributed by atoms with E-state index in [9.17, 15) is 9.59 Å². The number of aromatic nitrogens is 3. The van der Waals surface area contributed by atoms with Crippen LogP contribution in [-0.2, 0) is 4.79 Å². The fraction of sp³-hybridized carbons (Fsp3) is 0.200. The summed E-state index contributed by atoms with van der Waals surface area (Å²) in [5.74, 6) is 0.355. The second-order valence-corrected chi connectivity index (χ2v) is 6.45. The third-order valence-corrected chi connectivity index (χ3v) is 4.45. The Morgan fingerprint density at radius 1 is 1.18 bits per heavy atom. The average molecular weight is 399 g/mol. The zero-order valence-electron chi connectivity index (χ0n) is 15.4. The van der Waals surface area contributed by atoms with Gasteiger partial charge >= 0.3 is 5.69 Å². The number of rotatable bonds is 6. The third-order valence-electron chi connectivity index (χ3n) is 4.20. The summed E-state index contributed by atoms with van der Waals surface area (Å²) in [4.78, 5) is 29.2. The highest BCUT2D eigenvalue weighted by molar-refractivity contribution is 6.30. The summed E-state index contributed by atoms with van der Waals surface area (Å²) in [6.07, 6.45) is 1.86. The Kier molecular flexibility index (Phi) is 6.06. The SMILES string of the molecule is CC[C@@H](C(=O)Nc1ccc(Cl)cc1)n1ncc(-c2ccc(OC)cc2)nc1=O. The summed E-state index contributed by atoms with van der Waals surface area (Å²) < 4.78 is 6.22. The van der Waals surface area contributed by atoms with Crippen LogP contribution < -0.4 is 15.7 Å². The van der Waals surface area contributed by atoms with E-state index in [1.54, 1.807) is 62.6 Å². The molecule has 0 unspecified atom stereocenters. The van der Waals surface area contributed by atoms with Crippen molar-refractivity contribution >= 4 is 23.2 Å². The highest BCUT2D eigenvalue weighted by atomic mass is 35.5. The Bertz CT molecular complexity index is 1020. The smallest absolute Gasteiger partial charge is 0.365 e. The van der Waals surface area contributed by atoms with Crippen LogP contribution in [-0.4, -0.2) is 27.8 Å². The van der Waals surface area contributed by atoms with Gasteiger partial charge in [-0.3, -0.25) is 4.79 Å². The summed E-state index contributed by atoms with van der Waals surface area (Å²) in [6.45, 7) is 1.80. The Labute approximate surface area is 166 Å². The van der Waals surface area contributed by atoms with E-state index in [0.717, 1.165) is 10.2 Å². The fourth-order valence-electron chi connectivity index (χ4n) is 2.69. The maximum absolute atomic E-state index is 12.6. The number of hydrogen-bond acceptors (Lipinski definition) is 5. The predicted octanol–water partition coefficient (Wildman–Crippen LogP) is 3.56. The van der Waals surface area contributed by atoms with Crippen LogP contribution in [0.5, 0.6) is 5.75 Å².